The number of carbonyl (C=O) groups excluding carboxylic acids is 2. The molecule has 2 aromatic rings. The van der Waals surface area contributed by atoms with Gasteiger partial charge in [0.25, 0.3) is 11.8 Å². The van der Waals surface area contributed by atoms with Crippen LogP contribution in [0.2, 0.25) is 0 Å². The number of rotatable bonds is 9. The number of nitrogen functional groups attached to an aromatic ring is 1. The van der Waals surface area contributed by atoms with E-state index in [2.05, 4.69) is 0 Å². The van der Waals surface area contributed by atoms with Gasteiger partial charge in [0.15, 0.2) is 17.6 Å². The first kappa shape index (κ1) is 29.2. The maximum Gasteiger partial charge on any atom is 0.335 e. The van der Waals surface area contributed by atoms with Gasteiger partial charge in [-0.25, -0.2) is 13.2 Å². The minimum atomic E-state index is -3.75. The van der Waals surface area contributed by atoms with Gasteiger partial charge in [0.1, 0.15) is 28.1 Å². The van der Waals surface area contributed by atoms with Crippen LogP contribution in [0.25, 0.3) is 0 Å². The Bertz CT molecular complexity index is 1450. The average molecular weight is 581 g/mol. The highest BCUT2D eigenvalue weighted by atomic mass is 32.2. The fraction of sp³-hybridized carbons (Fsp3) is 0.400. The number of aliphatic hydroxyl groups is 3. The number of aliphatic hydroxyl groups excluding tert-OH is 3. The van der Waals surface area contributed by atoms with Crippen LogP contribution in [0.5, 0.6) is 11.5 Å². The fourth-order valence-corrected chi connectivity index (χ4v) is 5.51. The number of sulfone groups is 1. The van der Waals surface area contributed by atoms with Gasteiger partial charge in [-0.1, -0.05) is 12.1 Å². The van der Waals surface area contributed by atoms with Crippen molar-refractivity contribution in [3.8, 4) is 11.5 Å². The third-order valence-corrected chi connectivity index (χ3v) is 7.38. The van der Waals surface area contributed by atoms with E-state index < -0.39 is 70.1 Å². The van der Waals surface area contributed by atoms with Gasteiger partial charge < -0.3 is 40.4 Å². The number of carboxylic acid groups (broad SMARTS) is 1. The summed E-state index contributed by atoms with van der Waals surface area (Å²) in [6, 6.07) is 7.04. The molecule has 2 aliphatic rings. The van der Waals surface area contributed by atoms with Gasteiger partial charge >= 0.3 is 5.97 Å². The lowest BCUT2D eigenvalue weighted by molar-refractivity contribution is -0.271. The molecule has 4 rings (SSSR count). The second-order valence-electron chi connectivity index (χ2n) is 9.35. The van der Waals surface area contributed by atoms with E-state index in [1.165, 1.54) is 36.4 Å². The molecule has 1 fully saturated rings. The number of anilines is 1. The zero-order chi connectivity index (χ0) is 29.5. The van der Waals surface area contributed by atoms with Crippen LogP contribution in [-0.4, -0.2) is 101 Å². The van der Waals surface area contributed by atoms with Crippen molar-refractivity contribution in [1.82, 2.24) is 4.90 Å². The van der Waals surface area contributed by atoms with E-state index in [9.17, 15) is 43.2 Å². The van der Waals surface area contributed by atoms with Crippen molar-refractivity contribution >= 4 is 33.3 Å². The maximum absolute atomic E-state index is 13.3. The summed E-state index contributed by atoms with van der Waals surface area (Å²) in [6.45, 7) is 1.71. The molecule has 0 aliphatic carbocycles. The fourth-order valence-electron chi connectivity index (χ4n) is 4.59. The molecule has 0 aromatic heterocycles. The zero-order valence-corrected chi connectivity index (χ0v) is 22.1. The first-order chi connectivity index (χ1) is 18.7. The molecule has 14 nitrogen and oxygen atoms in total. The molecular weight excluding hydrogens is 552 g/mol. The maximum atomic E-state index is 13.3. The van der Waals surface area contributed by atoms with Gasteiger partial charge in [-0.3, -0.25) is 14.5 Å². The molecule has 40 heavy (non-hydrogen) atoms. The van der Waals surface area contributed by atoms with E-state index >= 15 is 0 Å². The van der Waals surface area contributed by atoms with E-state index in [1.54, 1.807) is 6.92 Å². The predicted octanol–water partition coefficient (Wildman–Crippen LogP) is -0.680. The van der Waals surface area contributed by atoms with Crippen molar-refractivity contribution in [3.63, 3.8) is 0 Å². The Kier molecular flexibility index (Phi) is 8.05. The van der Waals surface area contributed by atoms with Crippen molar-refractivity contribution in [2.45, 2.75) is 43.7 Å². The summed E-state index contributed by atoms with van der Waals surface area (Å²) in [7, 11) is -3.75. The monoisotopic (exact) mass is 580 g/mol. The van der Waals surface area contributed by atoms with Crippen LogP contribution >= 0.6 is 0 Å². The second-order valence-corrected chi connectivity index (χ2v) is 11.5. The highest BCUT2D eigenvalue weighted by Crippen LogP contribution is 2.39. The number of nitrogens with zero attached hydrogens (tertiary/aromatic N) is 1. The predicted molar refractivity (Wildman–Crippen MR) is 136 cm³/mol. The molecule has 0 bridgehead atoms. The summed E-state index contributed by atoms with van der Waals surface area (Å²) in [6.07, 6.45) is -8.37. The lowest BCUT2D eigenvalue weighted by atomic mass is 9.99. The number of benzene rings is 2. The normalized spacial score (nSPS) is 25.4. The number of hydrogen-bond acceptors (Lipinski definition) is 12. The Balaban J connectivity index is 1.72. The van der Waals surface area contributed by atoms with Gasteiger partial charge in [0, 0.05) is 11.9 Å². The quantitative estimate of drug-likeness (QED) is 0.183. The molecule has 2 aromatic carbocycles. The summed E-state index contributed by atoms with van der Waals surface area (Å²) in [5.74, 6) is -3.86. The lowest BCUT2D eigenvalue weighted by Gasteiger charge is -2.38. The van der Waals surface area contributed by atoms with Gasteiger partial charge in [-0.2, -0.15) is 0 Å². The molecule has 0 radical (unpaired) electrons. The lowest BCUT2D eigenvalue weighted by Crippen LogP contribution is -2.61. The first-order valence-corrected chi connectivity index (χ1v) is 14.1. The van der Waals surface area contributed by atoms with Crippen LogP contribution in [0.1, 0.15) is 39.2 Å². The SMILES string of the molecule is CCOc1cc([C@@H](CS(C)(=O)=O)N2C(=O)c3cccc(N)c3C2=O)ccc1O[C@@H]1O[C@H](C(=O)O)[C@@H](O)[C@H](O)[C@H]1O. The van der Waals surface area contributed by atoms with Crippen LogP contribution in [0.15, 0.2) is 36.4 Å². The molecule has 0 saturated carbocycles. The van der Waals surface area contributed by atoms with Crippen LogP contribution in [0.4, 0.5) is 5.69 Å². The summed E-state index contributed by atoms with van der Waals surface area (Å²) in [5, 5.41) is 39.6. The van der Waals surface area contributed by atoms with Gasteiger partial charge in [0.2, 0.25) is 6.29 Å². The van der Waals surface area contributed by atoms with E-state index in [0.717, 1.165) is 11.2 Å². The number of ether oxygens (including phenoxy) is 3. The molecule has 6 N–H and O–H groups in total. The van der Waals surface area contributed by atoms with Crippen molar-refractivity contribution in [2.24, 2.45) is 0 Å². The topological polar surface area (TPSA) is 223 Å². The van der Waals surface area contributed by atoms with Crippen molar-refractivity contribution in [1.29, 1.82) is 0 Å². The number of fused-ring (bicyclic) bond motifs is 1. The van der Waals surface area contributed by atoms with E-state index in [1.807, 2.05) is 0 Å². The molecule has 0 spiro atoms. The molecule has 2 aliphatic heterocycles. The van der Waals surface area contributed by atoms with Crippen LogP contribution in [0.3, 0.4) is 0 Å². The Morgan fingerprint density at radius 2 is 1.77 bits per heavy atom. The number of hydrogen-bond donors (Lipinski definition) is 5. The Morgan fingerprint density at radius 3 is 2.38 bits per heavy atom. The molecule has 0 unspecified atom stereocenters. The summed E-state index contributed by atoms with van der Waals surface area (Å²) >= 11 is 0. The van der Waals surface area contributed by atoms with E-state index in [0.29, 0.717) is 0 Å². The molecular formula is C25H28N2O12S. The van der Waals surface area contributed by atoms with Crippen LogP contribution in [-0.2, 0) is 19.4 Å². The first-order valence-electron chi connectivity index (χ1n) is 12.0. The number of carboxylic acids is 1. The van der Waals surface area contributed by atoms with Crippen molar-refractivity contribution in [2.75, 3.05) is 24.3 Å². The van der Waals surface area contributed by atoms with Crippen LogP contribution < -0.4 is 15.2 Å². The van der Waals surface area contributed by atoms with E-state index in [-0.39, 0.29) is 40.5 Å². The third kappa shape index (κ3) is 5.46. The number of imide groups is 1. The highest BCUT2D eigenvalue weighted by molar-refractivity contribution is 7.90. The van der Waals surface area contributed by atoms with Gasteiger partial charge in [-0.15, -0.1) is 0 Å². The minimum Gasteiger partial charge on any atom is -0.490 e. The summed E-state index contributed by atoms with van der Waals surface area (Å²) < 4.78 is 41.1. The third-order valence-electron chi connectivity index (χ3n) is 6.46. The van der Waals surface area contributed by atoms with Crippen molar-refractivity contribution in [3.05, 3.63) is 53.1 Å². The number of amides is 2. The highest BCUT2D eigenvalue weighted by Gasteiger charge is 2.48. The molecule has 1 saturated heterocycles. The van der Waals surface area contributed by atoms with Gasteiger partial charge in [0.05, 0.1) is 29.5 Å². The Labute approximate surface area is 228 Å². The molecule has 2 heterocycles. The van der Waals surface area contributed by atoms with Crippen molar-refractivity contribution < 1.29 is 57.4 Å². The summed E-state index contributed by atoms with van der Waals surface area (Å²) in [4.78, 5) is 38.8. The zero-order valence-electron chi connectivity index (χ0n) is 21.3. The Morgan fingerprint density at radius 1 is 1.07 bits per heavy atom. The average Bonchev–Trinajstić information content (AvgIpc) is 3.13. The molecule has 6 atom stereocenters. The number of nitrogens with two attached hydrogens (primary N) is 1. The van der Waals surface area contributed by atoms with E-state index in [4.69, 9.17) is 19.9 Å². The number of carbonyl (C=O) groups is 3. The summed E-state index contributed by atoms with van der Waals surface area (Å²) in [5.41, 5.74) is 6.17. The molecule has 216 valence electrons. The van der Waals surface area contributed by atoms with Crippen LogP contribution in [0, 0.1) is 0 Å². The second kappa shape index (κ2) is 11.0. The largest absolute Gasteiger partial charge is 0.490 e. The minimum absolute atomic E-state index is 0.0297. The molecule has 2 amide bonds. The smallest absolute Gasteiger partial charge is 0.335 e. The number of aliphatic carboxylic acids is 1. The molecule has 15 heteroatoms. The Hall–Kier alpha value is -3.76. The standard InChI is InChI=1S/C25H28N2O12S/c1-3-37-16-9-11(7-8-15(16)38-25-20(30)18(28)19(29)21(39-25)24(33)34)14(10-40(2,35)36)27-22(31)12-5-4-6-13(26)17(12)23(27)32/h4-9,14,18-21,25,28-30H,3,10,26H2,1-2H3,(H,33,34)/t14-,18+,19+,20-,21+,25-/m1/s1. The van der Waals surface area contributed by atoms with Gasteiger partial charge in [-0.05, 0) is 36.8 Å².